The minimum atomic E-state index is -1.14. The van der Waals surface area contributed by atoms with Crippen molar-refractivity contribution in [2.75, 3.05) is 13.2 Å². The van der Waals surface area contributed by atoms with E-state index in [1.165, 1.54) is 17.7 Å². The van der Waals surface area contributed by atoms with Gasteiger partial charge in [0.1, 0.15) is 0 Å². The topological polar surface area (TPSA) is 82.6 Å². The number of aromatic amines is 1. The van der Waals surface area contributed by atoms with Crippen LogP contribution in [-0.4, -0.2) is 46.1 Å². The average molecular weight is 399 g/mol. The molecule has 1 fully saturated rings. The molecular formula is C23H30N2O4. The van der Waals surface area contributed by atoms with E-state index in [1.54, 1.807) is 6.92 Å². The molecule has 0 amide bonds. The molecule has 0 saturated carbocycles. The summed E-state index contributed by atoms with van der Waals surface area (Å²) in [6.45, 7) is 5.09. The van der Waals surface area contributed by atoms with Gasteiger partial charge in [0, 0.05) is 28.6 Å². The number of aromatic nitrogens is 1. The molecule has 6 heteroatoms. The van der Waals surface area contributed by atoms with Crippen LogP contribution in [0, 0.1) is 5.92 Å². The van der Waals surface area contributed by atoms with Crippen LogP contribution in [0.2, 0.25) is 0 Å². The van der Waals surface area contributed by atoms with Crippen LogP contribution in [0.3, 0.4) is 0 Å². The number of hydrogen-bond acceptors (Lipinski definition) is 4. The summed E-state index contributed by atoms with van der Waals surface area (Å²) in [5, 5.41) is 10.9. The Morgan fingerprint density at radius 3 is 2.79 bits per heavy atom. The Labute approximate surface area is 171 Å². The molecule has 0 spiro atoms. The predicted octanol–water partition coefficient (Wildman–Crippen LogP) is 4.22. The monoisotopic (exact) mass is 398 g/mol. The maximum absolute atomic E-state index is 12.4. The number of carboxylic acids is 1. The number of nitrogens with one attached hydrogen (secondary N) is 1. The maximum atomic E-state index is 12.4. The summed E-state index contributed by atoms with van der Waals surface area (Å²) in [5.74, 6) is -2.89. The third-order valence-electron chi connectivity index (χ3n) is 6.69. The summed E-state index contributed by atoms with van der Waals surface area (Å²) < 4.78 is 5.10. The first-order valence-corrected chi connectivity index (χ1v) is 10.8. The Kier molecular flexibility index (Phi) is 5.63. The number of fused-ring (bicyclic) bond motifs is 5. The fourth-order valence-corrected chi connectivity index (χ4v) is 5.52. The van der Waals surface area contributed by atoms with E-state index >= 15 is 0 Å². The molecule has 29 heavy (non-hydrogen) atoms. The molecule has 4 unspecified atom stereocenters. The molecule has 2 aliphatic heterocycles. The fourth-order valence-electron chi connectivity index (χ4n) is 5.52. The van der Waals surface area contributed by atoms with Crippen molar-refractivity contribution >= 4 is 22.8 Å². The van der Waals surface area contributed by atoms with Crippen LogP contribution in [-0.2, 0) is 14.3 Å². The highest BCUT2D eigenvalue weighted by atomic mass is 16.5. The fraction of sp³-hybridized carbons (Fsp3) is 0.565. The summed E-state index contributed by atoms with van der Waals surface area (Å²) in [6, 6.07) is 8.82. The van der Waals surface area contributed by atoms with Crippen LogP contribution >= 0.6 is 0 Å². The number of hydrogen-bond donors (Lipinski definition) is 2. The largest absolute Gasteiger partial charge is 0.481 e. The van der Waals surface area contributed by atoms with Gasteiger partial charge in [0.25, 0.3) is 0 Å². The number of piperidine rings is 1. The number of carboxylic acid groups (broad SMARTS) is 1. The minimum Gasteiger partial charge on any atom is -0.481 e. The molecule has 1 aromatic heterocycles. The zero-order valence-corrected chi connectivity index (χ0v) is 17.2. The van der Waals surface area contributed by atoms with E-state index in [9.17, 15) is 14.7 Å². The Hall–Kier alpha value is -2.34. The predicted molar refractivity (Wildman–Crippen MR) is 111 cm³/mol. The van der Waals surface area contributed by atoms with Crippen molar-refractivity contribution in [3.05, 3.63) is 35.5 Å². The van der Waals surface area contributed by atoms with Crippen LogP contribution < -0.4 is 0 Å². The molecule has 2 aliphatic rings. The van der Waals surface area contributed by atoms with Crippen LogP contribution in [0.4, 0.5) is 0 Å². The number of carbonyl (C=O) groups is 2. The smallest absolute Gasteiger partial charge is 0.320 e. The highest BCUT2D eigenvalue weighted by Crippen LogP contribution is 2.49. The van der Waals surface area contributed by atoms with Gasteiger partial charge in [-0.05, 0) is 50.8 Å². The number of aliphatic carboxylic acids is 1. The molecule has 1 aromatic carbocycles. The molecular weight excluding hydrogens is 368 g/mol. The molecule has 3 heterocycles. The number of ether oxygens (including phenoxy) is 1. The summed E-state index contributed by atoms with van der Waals surface area (Å²) in [5.41, 5.74) is 3.52. The highest BCUT2D eigenvalue weighted by Gasteiger charge is 2.45. The van der Waals surface area contributed by atoms with Crippen LogP contribution in [0.25, 0.3) is 10.9 Å². The van der Waals surface area contributed by atoms with Gasteiger partial charge in [-0.2, -0.15) is 0 Å². The van der Waals surface area contributed by atoms with Gasteiger partial charge in [0.15, 0.2) is 5.92 Å². The second-order valence-corrected chi connectivity index (χ2v) is 8.21. The van der Waals surface area contributed by atoms with Gasteiger partial charge in [-0.3, -0.25) is 14.5 Å². The lowest BCUT2D eigenvalue weighted by atomic mass is 9.74. The number of benzene rings is 1. The van der Waals surface area contributed by atoms with E-state index in [2.05, 4.69) is 28.9 Å². The van der Waals surface area contributed by atoms with E-state index < -0.39 is 17.9 Å². The van der Waals surface area contributed by atoms with Gasteiger partial charge in [-0.15, -0.1) is 0 Å². The third kappa shape index (κ3) is 3.44. The minimum absolute atomic E-state index is 0.0222. The number of H-pyrrole nitrogens is 1. The van der Waals surface area contributed by atoms with E-state index in [0.717, 1.165) is 36.7 Å². The van der Waals surface area contributed by atoms with E-state index in [4.69, 9.17) is 4.74 Å². The molecule has 6 nitrogen and oxygen atoms in total. The molecule has 1 saturated heterocycles. The molecule has 0 bridgehead atoms. The lowest BCUT2D eigenvalue weighted by Crippen LogP contribution is -2.49. The van der Waals surface area contributed by atoms with Crippen molar-refractivity contribution in [1.29, 1.82) is 0 Å². The van der Waals surface area contributed by atoms with Crippen LogP contribution in [0.15, 0.2) is 24.3 Å². The summed E-state index contributed by atoms with van der Waals surface area (Å²) in [4.78, 5) is 30.6. The van der Waals surface area contributed by atoms with Gasteiger partial charge >= 0.3 is 11.9 Å². The van der Waals surface area contributed by atoms with Gasteiger partial charge in [-0.1, -0.05) is 31.5 Å². The molecule has 4 rings (SSSR count). The first kappa shape index (κ1) is 20.0. The number of rotatable bonds is 6. The van der Waals surface area contributed by atoms with Crippen molar-refractivity contribution in [1.82, 2.24) is 9.88 Å². The van der Waals surface area contributed by atoms with Crippen LogP contribution in [0.1, 0.15) is 69.2 Å². The first-order chi connectivity index (χ1) is 14.1. The van der Waals surface area contributed by atoms with E-state index in [0.29, 0.717) is 6.04 Å². The second kappa shape index (κ2) is 8.19. The van der Waals surface area contributed by atoms with Gasteiger partial charge in [0.05, 0.1) is 12.6 Å². The summed E-state index contributed by atoms with van der Waals surface area (Å²) in [7, 11) is 0. The lowest BCUT2D eigenvalue weighted by molar-refractivity contribution is -0.159. The zero-order chi connectivity index (χ0) is 20.5. The number of carbonyl (C=O) groups excluding carboxylic acids is 1. The molecule has 0 aliphatic carbocycles. The molecule has 156 valence electrons. The second-order valence-electron chi connectivity index (χ2n) is 8.21. The normalized spacial score (nSPS) is 25.2. The van der Waals surface area contributed by atoms with Crippen molar-refractivity contribution in [3.63, 3.8) is 0 Å². The molecule has 0 radical (unpaired) electrons. The Balaban J connectivity index is 1.82. The number of esters is 1. The number of nitrogens with zero attached hydrogens (tertiary/aromatic N) is 1. The van der Waals surface area contributed by atoms with Crippen LogP contribution in [0.5, 0.6) is 0 Å². The molecule has 2 N–H and O–H groups in total. The van der Waals surface area contributed by atoms with E-state index in [-0.39, 0.29) is 25.0 Å². The molecule has 4 atom stereocenters. The zero-order valence-electron chi connectivity index (χ0n) is 17.2. The van der Waals surface area contributed by atoms with Gasteiger partial charge in [0.2, 0.25) is 0 Å². The Morgan fingerprint density at radius 2 is 2.07 bits per heavy atom. The SMILES string of the molecule is CCOC(=O)C(CC1c2c([nH]c3ccccc23)C2CCCCN2C1CC)C(=O)O. The first-order valence-electron chi connectivity index (χ1n) is 10.8. The van der Waals surface area contributed by atoms with Crippen molar-refractivity contribution in [3.8, 4) is 0 Å². The van der Waals surface area contributed by atoms with Crippen molar-refractivity contribution in [2.24, 2.45) is 5.92 Å². The average Bonchev–Trinajstić information content (AvgIpc) is 3.11. The van der Waals surface area contributed by atoms with E-state index in [1.807, 2.05) is 12.1 Å². The third-order valence-corrected chi connectivity index (χ3v) is 6.69. The van der Waals surface area contributed by atoms with Crippen molar-refractivity contribution < 1.29 is 19.4 Å². The quantitative estimate of drug-likeness (QED) is 0.562. The van der Waals surface area contributed by atoms with Crippen molar-refractivity contribution in [2.45, 2.75) is 64.0 Å². The molecule has 2 aromatic rings. The van der Waals surface area contributed by atoms with Gasteiger partial charge < -0.3 is 14.8 Å². The lowest BCUT2D eigenvalue weighted by Gasteiger charge is -2.49. The Morgan fingerprint density at radius 1 is 1.28 bits per heavy atom. The maximum Gasteiger partial charge on any atom is 0.320 e. The highest BCUT2D eigenvalue weighted by molar-refractivity contribution is 5.94. The summed E-state index contributed by atoms with van der Waals surface area (Å²) in [6.07, 6.45) is 4.68. The Bertz CT molecular complexity index is 905. The summed E-state index contributed by atoms with van der Waals surface area (Å²) >= 11 is 0. The number of para-hydroxylation sites is 1. The van der Waals surface area contributed by atoms with Gasteiger partial charge in [-0.25, -0.2) is 0 Å². The standard InChI is InChI=1S/C23H30N2O4/c1-3-18-15(13-16(22(26)27)23(28)29-4-2)20-14-9-5-6-10-17(14)24-21(20)19-11-7-8-12-25(18)19/h5-6,9-10,15-16,18-19,24H,3-4,7-8,11-13H2,1-2H3,(H,26,27).